The van der Waals surface area contributed by atoms with Crippen LogP contribution < -0.4 is 11.1 Å². The normalized spacial score (nSPS) is 10.5. The van der Waals surface area contributed by atoms with Gasteiger partial charge in [-0.2, -0.15) is 5.10 Å². The Morgan fingerprint density at radius 1 is 1.58 bits per heavy atom. The van der Waals surface area contributed by atoms with E-state index in [-0.39, 0.29) is 17.1 Å². The Hall–Kier alpha value is -1.89. The zero-order valence-electron chi connectivity index (χ0n) is 10.2. The molecule has 2 aromatic rings. The van der Waals surface area contributed by atoms with Gasteiger partial charge in [-0.1, -0.05) is 15.9 Å². The molecule has 5 nitrogen and oxygen atoms in total. The number of nitrogens with one attached hydrogen (secondary N) is 1. The summed E-state index contributed by atoms with van der Waals surface area (Å²) in [6.45, 7) is 2.34. The van der Waals surface area contributed by atoms with Gasteiger partial charge in [0.15, 0.2) is 0 Å². The highest BCUT2D eigenvalue weighted by Gasteiger charge is 2.17. The van der Waals surface area contributed by atoms with Crippen molar-refractivity contribution in [2.75, 3.05) is 11.1 Å². The van der Waals surface area contributed by atoms with E-state index in [1.165, 1.54) is 23.0 Å². The lowest BCUT2D eigenvalue weighted by Crippen LogP contribution is -2.19. The van der Waals surface area contributed by atoms with Crippen LogP contribution in [0.1, 0.15) is 17.4 Å². The minimum absolute atomic E-state index is 0.0939. The van der Waals surface area contributed by atoms with E-state index < -0.39 is 11.7 Å². The molecule has 3 N–H and O–H groups in total. The summed E-state index contributed by atoms with van der Waals surface area (Å²) in [7, 11) is 0. The lowest BCUT2D eigenvalue weighted by atomic mass is 10.3. The molecule has 1 amide bonds. The van der Waals surface area contributed by atoms with E-state index in [9.17, 15) is 9.18 Å². The van der Waals surface area contributed by atoms with Crippen LogP contribution in [0.4, 0.5) is 15.8 Å². The van der Waals surface area contributed by atoms with Crippen LogP contribution in [0.2, 0.25) is 0 Å². The Morgan fingerprint density at radius 3 is 2.95 bits per heavy atom. The lowest BCUT2D eigenvalue weighted by molar-refractivity contribution is 0.101. The number of hydrogen-bond donors (Lipinski definition) is 2. The average Bonchev–Trinajstić information content (AvgIpc) is 2.74. The Labute approximate surface area is 117 Å². The molecule has 1 heterocycles. The minimum Gasteiger partial charge on any atom is -0.396 e. The van der Waals surface area contributed by atoms with Crippen molar-refractivity contribution in [3.8, 4) is 0 Å². The van der Waals surface area contributed by atoms with E-state index in [4.69, 9.17) is 5.73 Å². The van der Waals surface area contributed by atoms with Gasteiger partial charge in [-0.3, -0.25) is 9.48 Å². The van der Waals surface area contributed by atoms with Gasteiger partial charge in [0.1, 0.15) is 11.5 Å². The molecule has 0 spiro atoms. The molecule has 0 fully saturated rings. The highest BCUT2D eigenvalue weighted by atomic mass is 79.9. The van der Waals surface area contributed by atoms with Crippen molar-refractivity contribution in [1.29, 1.82) is 0 Å². The first-order valence-electron chi connectivity index (χ1n) is 5.60. The number of aryl methyl sites for hydroxylation is 1. The SMILES string of the molecule is CCn1ncc(N)c1C(=O)Nc1ccc(Br)cc1F. The van der Waals surface area contributed by atoms with Crippen LogP contribution in [0.5, 0.6) is 0 Å². The fourth-order valence-corrected chi connectivity index (χ4v) is 1.99. The minimum atomic E-state index is -0.524. The van der Waals surface area contributed by atoms with Crippen molar-refractivity contribution in [2.24, 2.45) is 0 Å². The number of carbonyl (C=O) groups is 1. The number of aromatic nitrogens is 2. The summed E-state index contributed by atoms with van der Waals surface area (Å²) >= 11 is 3.15. The largest absolute Gasteiger partial charge is 0.396 e. The molecule has 100 valence electrons. The summed E-state index contributed by atoms with van der Waals surface area (Å²) in [4.78, 5) is 12.1. The number of halogens is 2. The Balaban J connectivity index is 2.28. The van der Waals surface area contributed by atoms with E-state index in [0.29, 0.717) is 11.0 Å². The third-order valence-electron chi connectivity index (χ3n) is 2.56. The van der Waals surface area contributed by atoms with Crippen molar-refractivity contribution in [3.05, 3.63) is 40.4 Å². The summed E-state index contributed by atoms with van der Waals surface area (Å²) in [6, 6.07) is 4.38. The highest BCUT2D eigenvalue weighted by Crippen LogP contribution is 2.21. The van der Waals surface area contributed by atoms with Crippen LogP contribution in [0.25, 0.3) is 0 Å². The molecular formula is C12H12BrFN4O. The second kappa shape index (κ2) is 5.40. The van der Waals surface area contributed by atoms with Gasteiger partial charge in [0.05, 0.1) is 17.6 Å². The zero-order chi connectivity index (χ0) is 14.0. The van der Waals surface area contributed by atoms with Gasteiger partial charge in [-0.05, 0) is 25.1 Å². The molecule has 2 rings (SSSR count). The molecule has 0 atom stereocenters. The van der Waals surface area contributed by atoms with Crippen LogP contribution in [-0.2, 0) is 6.54 Å². The van der Waals surface area contributed by atoms with Gasteiger partial charge >= 0.3 is 0 Å². The predicted octanol–water partition coefficient (Wildman–Crippen LogP) is 2.64. The first-order valence-corrected chi connectivity index (χ1v) is 6.40. The summed E-state index contributed by atoms with van der Waals surface area (Å²) in [5.74, 6) is -1.01. The number of amides is 1. The maximum Gasteiger partial charge on any atom is 0.276 e. The molecule has 1 aromatic heterocycles. The quantitative estimate of drug-likeness (QED) is 0.910. The van der Waals surface area contributed by atoms with Gasteiger partial charge in [-0.25, -0.2) is 4.39 Å². The maximum atomic E-state index is 13.6. The van der Waals surface area contributed by atoms with E-state index in [2.05, 4.69) is 26.3 Å². The predicted molar refractivity (Wildman–Crippen MR) is 74.4 cm³/mol. The molecular weight excluding hydrogens is 315 g/mol. The van der Waals surface area contributed by atoms with E-state index in [1.807, 2.05) is 6.92 Å². The Kier molecular flexibility index (Phi) is 3.84. The van der Waals surface area contributed by atoms with Crippen molar-refractivity contribution in [1.82, 2.24) is 9.78 Å². The molecule has 0 aliphatic carbocycles. The van der Waals surface area contributed by atoms with Crippen LogP contribution >= 0.6 is 15.9 Å². The standard InChI is InChI=1S/C12H12BrFN4O/c1-2-18-11(9(15)6-16-18)12(19)17-10-4-3-7(13)5-8(10)14/h3-6H,2,15H2,1H3,(H,17,19). The monoisotopic (exact) mass is 326 g/mol. The zero-order valence-corrected chi connectivity index (χ0v) is 11.7. The number of nitrogen functional groups attached to an aromatic ring is 1. The third-order valence-corrected chi connectivity index (χ3v) is 3.05. The summed E-state index contributed by atoms with van der Waals surface area (Å²) in [6.07, 6.45) is 1.40. The number of carbonyl (C=O) groups excluding carboxylic acids is 1. The molecule has 19 heavy (non-hydrogen) atoms. The molecule has 0 saturated carbocycles. The number of nitrogens with two attached hydrogens (primary N) is 1. The highest BCUT2D eigenvalue weighted by molar-refractivity contribution is 9.10. The third kappa shape index (κ3) is 2.76. The second-order valence-electron chi connectivity index (χ2n) is 3.84. The topological polar surface area (TPSA) is 72.9 Å². The van der Waals surface area contributed by atoms with Crippen LogP contribution in [-0.4, -0.2) is 15.7 Å². The van der Waals surface area contributed by atoms with Gasteiger partial charge in [0.25, 0.3) is 5.91 Å². The summed E-state index contributed by atoms with van der Waals surface area (Å²) in [5.41, 5.74) is 6.27. The van der Waals surface area contributed by atoms with Crippen LogP contribution in [0.3, 0.4) is 0 Å². The van der Waals surface area contributed by atoms with Gasteiger partial charge < -0.3 is 11.1 Å². The average molecular weight is 327 g/mol. The van der Waals surface area contributed by atoms with E-state index in [0.717, 1.165) is 0 Å². The fourth-order valence-electron chi connectivity index (χ4n) is 1.66. The first kappa shape index (κ1) is 13.5. The maximum absolute atomic E-state index is 13.6. The number of nitrogens with zero attached hydrogens (tertiary/aromatic N) is 2. The van der Waals surface area contributed by atoms with Crippen molar-refractivity contribution in [3.63, 3.8) is 0 Å². The second-order valence-corrected chi connectivity index (χ2v) is 4.76. The fraction of sp³-hybridized carbons (Fsp3) is 0.167. The molecule has 0 saturated heterocycles. The molecule has 0 bridgehead atoms. The number of hydrogen-bond acceptors (Lipinski definition) is 3. The molecule has 0 radical (unpaired) electrons. The molecule has 1 aromatic carbocycles. The molecule has 0 unspecified atom stereocenters. The van der Waals surface area contributed by atoms with Gasteiger partial charge in [0.2, 0.25) is 0 Å². The van der Waals surface area contributed by atoms with E-state index in [1.54, 1.807) is 6.07 Å². The van der Waals surface area contributed by atoms with Crippen LogP contribution in [0.15, 0.2) is 28.9 Å². The van der Waals surface area contributed by atoms with Gasteiger partial charge in [0, 0.05) is 11.0 Å². The number of rotatable bonds is 3. The number of anilines is 2. The smallest absolute Gasteiger partial charge is 0.276 e. The summed E-state index contributed by atoms with van der Waals surface area (Å²) in [5, 5.41) is 6.44. The Bertz CT molecular complexity index is 626. The molecule has 0 aliphatic heterocycles. The lowest BCUT2D eigenvalue weighted by Gasteiger charge is -2.08. The van der Waals surface area contributed by atoms with Gasteiger partial charge in [-0.15, -0.1) is 0 Å². The van der Waals surface area contributed by atoms with E-state index >= 15 is 0 Å². The summed E-state index contributed by atoms with van der Waals surface area (Å²) < 4.78 is 15.7. The number of benzene rings is 1. The van der Waals surface area contributed by atoms with Crippen molar-refractivity contribution >= 4 is 33.2 Å². The van der Waals surface area contributed by atoms with Crippen LogP contribution in [0, 0.1) is 5.82 Å². The first-order chi connectivity index (χ1) is 9.02. The van der Waals surface area contributed by atoms with Crippen molar-refractivity contribution in [2.45, 2.75) is 13.5 Å². The Morgan fingerprint density at radius 2 is 2.32 bits per heavy atom. The molecule has 7 heteroatoms. The molecule has 0 aliphatic rings. The van der Waals surface area contributed by atoms with Crippen molar-refractivity contribution < 1.29 is 9.18 Å².